The van der Waals surface area contributed by atoms with Gasteiger partial charge in [0, 0.05) is 11.3 Å². The molecule has 2 nitrogen and oxygen atoms in total. The Bertz CT molecular complexity index is 681. The summed E-state index contributed by atoms with van der Waals surface area (Å²) in [4.78, 5) is 12.2. The SMILES string of the molecule is CC(C)c1ccc(/C=C2\Nc3ccccc3C2=O)cc1. The zero-order chi connectivity index (χ0) is 14.1. The van der Waals surface area contributed by atoms with E-state index in [1.54, 1.807) is 0 Å². The van der Waals surface area contributed by atoms with Crippen LogP contribution in [0.2, 0.25) is 0 Å². The Kier molecular flexibility index (Phi) is 3.15. The predicted octanol–water partition coefficient (Wildman–Crippen LogP) is 4.46. The van der Waals surface area contributed by atoms with E-state index in [9.17, 15) is 4.79 Å². The monoisotopic (exact) mass is 263 g/mol. The molecule has 2 aromatic carbocycles. The summed E-state index contributed by atoms with van der Waals surface area (Å²) < 4.78 is 0. The molecule has 0 spiro atoms. The van der Waals surface area contributed by atoms with Crippen LogP contribution in [0.25, 0.3) is 6.08 Å². The van der Waals surface area contributed by atoms with Crippen molar-refractivity contribution < 1.29 is 4.79 Å². The molecule has 100 valence electrons. The smallest absolute Gasteiger partial charge is 0.211 e. The second kappa shape index (κ2) is 4.97. The first-order valence-corrected chi connectivity index (χ1v) is 6.87. The first-order chi connectivity index (χ1) is 9.65. The van der Waals surface area contributed by atoms with Crippen molar-refractivity contribution in [2.24, 2.45) is 0 Å². The van der Waals surface area contributed by atoms with Crippen LogP contribution in [0.5, 0.6) is 0 Å². The third kappa shape index (κ3) is 2.25. The van der Waals surface area contributed by atoms with Gasteiger partial charge in [-0.1, -0.05) is 50.2 Å². The summed E-state index contributed by atoms with van der Waals surface area (Å²) in [5.74, 6) is 0.584. The van der Waals surface area contributed by atoms with Crippen molar-refractivity contribution in [3.8, 4) is 0 Å². The van der Waals surface area contributed by atoms with Crippen LogP contribution in [0, 0.1) is 0 Å². The Morgan fingerprint density at radius 3 is 2.35 bits per heavy atom. The van der Waals surface area contributed by atoms with E-state index in [4.69, 9.17) is 0 Å². The van der Waals surface area contributed by atoms with Crippen LogP contribution in [0.4, 0.5) is 5.69 Å². The van der Waals surface area contributed by atoms with E-state index in [1.807, 2.05) is 30.3 Å². The van der Waals surface area contributed by atoms with E-state index in [2.05, 4.69) is 43.4 Å². The lowest BCUT2D eigenvalue weighted by Crippen LogP contribution is -1.99. The molecule has 20 heavy (non-hydrogen) atoms. The molecule has 1 heterocycles. The van der Waals surface area contributed by atoms with E-state index < -0.39 is 0 Å². The molecule has 0 saturated carbocycles. The molecule has 0 amide bonds. The van der Waals surface area contributed by atoms with Crippen molar-refractivity contribution in [2.75, 3.05) is 5.32 Å². The van der Waals surface area contributed by atoms with Gasteiger partial charge >= 0.3 is 0 Å². The van der Waals surface area contributed by atoms with Crippen molar-refractivity contribution in [1.82, 2.24) is 0 Å². The predicted molar refractivity (Wildman–Crippen MR) is 82.9 cm³/mol. The lowest BCUT2D eigenvalue weighted by molar-refractivity contribution is 0.104. The van der Waals surface area contributed by atoms with Gasteiger partial charge in [-0.3, -0.25) is 4.79 Å². The molecule has 0 unspecified atom stereocenters. The van der Waals surface area contributed by atoms with Gasteiger partial charge < -0.3 is 5.32 Å². The van der Waals surface area contributed by atoms with Gasteiger partial charge in [0.25, 0.3) is 0 Å². The summed E-state index contributed by atoms with van der Waals surface area (Å²) in [7, 11) is 0. The maximum Gasteiger partial charge on any atom is 0.211 e. The summed E-state index contributed by atoms with van der Waals surface area (Å²) in [5.41, 5.74) is 4.63. The number of fused-ring (bicyclic) bond motifs is 1. The van der Waals surface area contributed by atoms with Gasteiger partial charge in [-0.05, 0) is 35.3 Å². The van der Waals surface area contributed by atoms with Gasteiger partial charge in [0.2, 0.25) is 5.78 Å². The molecule has 0 radical (unpaired) electrons. The average molecular weight is 263 g/mol. The van der Waals surface area contributed by atoms with Crippen LogP contribution in [0.15, 0.2) is 54.2 Å². The van der Waals surface area contributed by atoms with Crippen LogP contribution >= 0.6 is 0 Å². The number of ketones is 1. The molecule has 2 aromatic rings. The fourth-order valence-electron chi connectivity index (χ4n) is 2.38. The number of carbonyl (C=O) groups is 1. The minimum Gasteiger partial charge on any atom is -0.352 e. The van der Waals surface area contributed by atoms with Crippen LogP contribution < -0.4 is 5.32 Å². The van der Waals surface area contributed by atoms with Gasteiger partial charge in [-0.2, -0.15) is 0 Å². The largest absolute Gasteiger partial charge is 0.352 e. The number of Topliss-reactive ketones (excluding diaryl/α,β-unsaturated/α-hetero) is 1. The lowest BCUT2D eigenvalue weighted by Gasteiger charge is -2.05. The van der Waals surface area contributed by atoms with Crippen molar-refractivity contribution >= 4 is 17.5 Å². The normalized spacial score (nSPS) is 15.6. The van der Waals surface area contributed by atoms with Gasteiger partial charge in [0.05, 0.1) is 5.70 Å². The molecule has 0 saturated heterocycles. The zero-order valence-electron chi connectivity index (χ0n) is 11.7. The second-order valence-electron chi connectivity index (χ2n) is 5.38. The fourth-order valence-corrected chi connectivity index (χ4v) is 2.38. The molecule has 0 atom stereocenters. The lowest BCUT2D eigenvalue weighted by atomic mass is 10.0. The minimum atomic E-state index is 0.0635. The number of rotatable bonds is 2. The molecular weight excluding hydrogens is 246 g/mol. The number of anilines is 1. The average Bonchev–Trinajstić information content (AvgIpc) is 2.77. The number of carbonyl (C=O) groups excluding carboxylic acids is 1. The van der Waals surface area contributed by atoms with Crippen molar-refractivity contribution in [3.63, 3.8) is 0 Å². The molecule has 0 aliphatic carbocycles. The van der Waals surface area contributed by atoms with Crippen molar-refractivity contribution in [1.29, 1.82) is 0 Å². The second-order valence-corrected chi connectivity index (χ2v) is 5.38. The number of allylic oxidation sites excluding steroid dienone is 1. The third-order valence-corrected chi connectivity index (χ3v) is 3.60. The maximum atomic E-state index is 12.2. The van der Waals surface area contributed by atoms with Gasteiger partial charge in [-0.25, -0.2) is 0 Å². The first kappa shape index (κ1) is 12.7. The number of benzene rings is 2. The number of hydrogen-bond acceptors (Lipinski definition) is 2. The highest BCUT2D eigenvalue weighted by Gasteiger charge is 2.23. The standard InChI is InChI=1S/C18H17NO/c1-12(2)14-9-7-13(8-10-14)11-17-18(20)15-5-3-4-6-16(15)19-17/h3-12,19H,1-2H3/b17-11-. The zero-order valence-corrected chi connectivity index (χ0v) is 11.7. The highest BCUT2D eigenvalue weighted by atomic mass is 16.1. The highest BCUT2D eigenvalue weighted by molar-refractivity contribution is 6.20. The molecule has 0 fully saturated rings. The van der Waals surface area contributed by atoms with E-state index in [0.717, 1.165) is 16.8 Å². The Labute approximate surface area is 119 Å². The van der Waals surface area contributed by atoms with E-state index in [0.29, 0.717) is 11.6 Å². The molecule has 1 aliphatic rings. The summed E-state index contributed by atoms with van der Waals surface area (Å²) in [6.07, 6.45) is 1.91. The van der Waals surface area contributed by atoms with E-state index >= 15 is 0 Å². The van der Waals surface area contributed by atoms with Crippen LogP contribution in [0.1, 0.15) is 41.3 Å². The van der Waals surface area contributed by atoms with Crippen LogP contribution in [0.3, 0.4) is 0 Å². The molecule has 1 N–H and O–H groups in total. The summed E-state index contributed by atoms with van der Waals surface area (Å²) in [6, 6.07) is 15.9. The molecule has 0 bridgehead atoms. The van der Waals surface area contributed by atoms with Crippen LogP contribution in [-0.4, -0.2) is 5.78 Å². The minimum absolute atomic E-state index is 0.0635. The molecular formula is C18H17NO. The van der Waals surface area contributed by atoms with Gasteiger partial charge in [-0.15, -0.1) is 0 Å². The fraction of sp³-hybridized carbons (Fsp3) is 0.167. The summed E-state index contributed by atoms with van der Waals surface area (Å²) >= 11 is 0. The topological polar surface area (TPSA) is 29.1 Å². The molecule has 1 aliphatic heterocycles. The summed E-state index contributed by atoms with van der Waals surface area (Å²) in [5, 5.41) is 3.18. The first-order valence-electron chi connectivity index (χ1n) is 6.87. The number of hydrogen-bond donors (Lipinski definition) is 1. The van der Waals surface area contributed by atoms with Crippen molar-refractivity contribution in [2.45, 2.75) is 19.8 Å². The Morgan fingerprint density at radius 1 is 1.00 bits per heavy atom. The number of nitrogens with one attached hydrogen (secondary N) is 1. The molecule has 3 rings (SSSR count). The van der Waals surface area contributed by atoms with E-state index in [-0.39, 0.29) is 5.78 Å². The molecule has 2 heteroatoms. The quantitative estimate of drug-likeness (QED) is 0.810. The number of para-hydroxylation sites is 1. The maximum absolute atomic E-state index is 12.2. The Morgan fingerprint density at radius 2 is 1.70 bits per heavy atom. The van der Waals surface area contributed by atoms with Gasteiger partial charge in [0.15, 0.2) is 0 Å². The third-order valence-electron chi connectivity index (χ3n) is 3.60. The Balaban J connectivity index is 1.89. The van der Waals surface area contributed by atoms with Crippen molar-refractivity contribution in [3.05, 3.63) is 70.9 Å². The molecule has 0 aromatic heterocycles. The van der Waals surface area contributed by atoms with Gasteiger partial charge in [0.1, 0.15) is 0 Å². The highest BCUT2D eigenvalue weighted by Crippen LogP contribution is 2.28. The summed E-state index contributed by atoms with van der Waals surface area (Å²) in [6.45, 7) is 4.35. The van der Waals surface area contributed by atoms with Crippen LogP contribution in [-0.2, 0) is 0 Å². The Hall–Kier alpha value is -2.35. The van der Waals surface area contributed by atoms with E-state index in [1.165, 1.54) is 5.56 Å².